The summed E-state index contributed by atoms with van der Waals surface area (Å²) in [6, 6.07) is 0.167. The molecule has 0 bridgehead atoms. The highest BCUT2D eigenvalue weighted by Gasteiger charge is 2.31. The molecule has 2 saturated heterocycles. The third-order valence-corrected chi connectivity index (χ3v) is 4.78. The number of hydrogen-bond acceptors (Lipinski definition) is 4. The number of carbonyl (C=O) groups excluding carboxylic acids is 1. The van der Waals surface area contributed by atoms with Crippen LogP contribution in [0.1, 0.15) is 25.7 Å². The van der Waals surface area contributed by atoms with E-state index in [2.05, 4.69) is 5.32 Å². The highest BCUT2D eigenvalue weighted by atomic mass is 32.2. The van der Waals surface area contributed by atoms with Crippen LogP contribution >= 0.6 is 0 Å². The van der Waals surface area contributed by atoms with Crippen molar-refractivity contribution < 1.29 is 13.7 Å². The number of nitrogens with one attached hydrogen (secondary N) is 1. The number of nitrogens with two attached hydrogens (primary N) is 1. The van der Waals surface area contributed by atoms with Crippen LogP contribution in [0.15, 0.2) is 0 Å². The summed E-state index contributed by atoms with van der Waals surface area (Å²) in [7, 11) is -0.684. The summed E-state index contributed by atoms with van der Waals surface area (Å²) < 4.78 is 16.7. The molecule has 2 unspecified atom stereocenters. The maximum atomic E-state index is 11.9. The summed E-state index contributed by atoms with van der Waals surface area (Å²) in [4.78, 5) is 11.9. The van der Waals surface area contributed by atoms with Gasteiger partial charge in [0, 0.05) is 34.9 Å². The SMILES string of the molecule is NCC1CCC(C(=O)NC2CCS(=O)CC2)O1. The van der Waals surface area contributed by atoms with E-state index in [0.29, 0.717) is 18.1 Å². The first kappa shape index (κ1) is 13.0. The average Bonchev–Trinajstić information content (AvgIpc) is 2.81. The van der Waals surface area contributed by atoms with Crippen LogP contribution in [-0.2, 0) is 20.3 Å². The molecule has 0 spiro atoms. The minimum absolute atomic E-state index is 0.0290. The summed E-state index contributed by atoms with van der Waals surface area (Å²) in [6.45, 7) is 0.478. The fourth-order valence-corrected chi connectivity index (χ4v) is 3.60. The molecule has 3 N–H and O–H groups in total. The fourth-order valence-electron chi connectivity index (χ4n) is 2.30. The van der Waals surface area contributed by atoms with E-state index >= 15 is 0 Å². The Hall–Kier alpha value is -0.460. The summed E-state index contributed by atoms with van der Waals surface area (Å²) in [5.41, 5.74) is 5.51. The van der Waals surface area contributed by atoms with Gasteiger partial charge in [0.25, 0.3) is 0 Å². The number of ether oxygens (including phenoxy) is 1. The van der Waals surface area contributed by atoms with Gasteiger partial charge in [0.15, 0.2) is 0 Å². The molecule has 2 atom stereocenters. The van der Waals surface area contributed by atoms with E-state index in [-0.39, 0.29) is 24.2 Å². The second kappa shape index (κ2) is 5.93. The van der Waals surface area contributed by atoms with Crippen molar-refractivity contribution >= 4 is 16.7 Å². The highest BCUT2D eigenvalue weighted by Crippen LogP contribution is 2.19. The van der Waals surface area contributed by atoms with E-state index in [9.17, 15) is 9.00 Å². The molecule has 2 fully saturated rings. The van der Waals surface area contributed by atoms with Crippen LogP contribution in [-0.4, -0.2) is 46.4 Å². The Morgan fingerprint density at radius 1 is 1.29 bits per heavy atom. The van der Waals surface area contributed by atoms with Crippen LogP contribution in [0.2, 0.25) is 0 Å². The molecule has 98 valence electrons. The van der Waals surface area contributed by atoms with E-state index < -0.39 is 10.8 Å². The van der Waals surface area contributed by atoms with Gasteiger partial charge in [-0.15, -0.1) is 0 Å². The molecule has 2 rings (SSSR count). The Morgan fingerprint density at radius 3 is 2.59 bits per heavy atom. The van der Waals surface area contributed by atoms with Gasteiger partial charge < -0.3 is 15.8 Å². The smallest absolute Gasteiger partial charge is 0.249 e. The molecule has 2 aliphatic rings. The van der Waals surface area contributed by atoms with Gasteiger partial charge in [-0.2, -0.15) is 0 Å². The standard InChI is InChI=1S/C11H20N2O3S/c12-7-9-1-2-10(16-9)11(14)13-8-3-5-17(15)6-4-8/h8-10H,1-7,12H2,(H,13,14). The second-order valence-corrected chi connectivity index (χ2v) is 6.39. The number of amides is 1. The maximum absolute atomic E-state index is 11.9. The summed E-state index contributed by atoms with van der Waals surface area (Å²) >= 11 is 0. The number of rotatable bonds is 3. The third kappa shape index (κ3) is 3.50. The van der Waals surface area contributed by atoms with E-state index in [1.807, 2.05) is 0 Å². The van der Waals surface area contributed by atoms with Crippen molar-refractivity contribution in [3.8, 4) is 0 Å². The lowest BCUT2D eigenvalue weighted by atomic mass is 10.1. The zero-order valence-electron chi connectivity index (χ0n) is 9.89. The predicted octanol–water partition coefficient (Wildman–Crippen LogP) is -0.480. The summed E-state index contributed by atoms with van der Waals surface area (Å²) in [5, 5.41) is 2.99. The van der Waals surface area contributed by atoms with Crippen molar-refractivity contribution in [1.82, 2.24) is 5.32 Å². The van der Waals surface area contributed by atoms with Crippen LogP contribution in [0.5, 0.6) is 0 Å². The minimum Gasteiger partial charge on any atom is -0.364 e. The predicted molar refractivity (Wildman–Crippen MR) is 66.0 cm³/mol. The Morgan fingerprint density at radius 2 is 2.00 bits per heavy atom. The normalized spacial score (nSPS) is 37.9. The molecule has 0 radical (unpaired) electrons. The fraction of sp³-hybridized carbons (Fsp3) is 0.909. The maximum Gasteiger partial charge on any atom is 0.249 e. The first-order chi connectivity index (χ1) is 8.19. The minimum atomic E-state index is -0.684. The molecule has 1 amide bonds. The van der Waals surface area contributed by atoms with Crippen LogP contribution in [0.3, 0.4) is 0 Å². The Balaban J connectivity index is 1.75. The molecule has 2 aliphatic heterocycles. The van der Waals surface area contributed by atoms with Gasteiger partial charge in [-0.3, -0.25) is 9.00 Å². The lowest BCUT2D eigenvalue weighted by Crippen LogP contribution is -2.44. The third-order valence-electron chi connectivity index (χ3n) is 3.40. The van der Waals surface area contributed by atoms with Crippen LogP contribution in [0, 0.1) is 0 Å². The molecule has 17 heavy (non-hydrogen) atoms. The number of hydrogen-bond donors (Lipinski definition) is 2. The largest absolute Gasteiger partial charge is 0.364 e. The summed E-state index contributed by atoms with van der Waals surface area (Å²) in [6.07, 6.45) is 2.94. The van der Waals surface area contributed by atoms with Gasteiger partial charge in [0.1, 0.15) is 6.10 Å². The van der Waals surface area contributed by atoms with Crippen LogP contribution < -0.4 is 11.1 Å². The molecular formula is C11H20N2O3S. The van der Waals surface area contributed by atoms with Gasteiger partial charge in [-0.05, 0) is 25.7 Å². The van der Waals surface area contributed by atoms with Gasteiger partial charge in [-0.25, -0.2) is 0 Å². The first-order valence-corrected chi connectivity index (χ1v) is 7.68. The number of carbonyl (C=O) groups is 1. The molecular weight excluding hydrogens is 240 g/mol. The van der Waals surface area contributed by atoms with Gasteiger partial charge in [-0.1, -0.05) is 0 Å². The van der Waals surface area contributed by atoms with Crippen molar-refractivity contribution in [2.24, 2.45) is 5.73 Å². The molecule has 0 aromatic rings. The lowest BCUT2D eigenvalue weighted by Gasteiger charge is -2.24. The van der Waals surface area contributed by atoms with E-state index in [0.717, 1.165) is 25.7 Å². The summed E-state index contributed by atoms with van der Waals surface area (Å²) in [5.74, 6) is 1.36. The van der Waals surface area contributed by atoms with Crippen molar-refractivity contribution in [2.45, 2.75) is 43.9 Å². The Labute approximate surface area is 104 Å². The molecule has 0 saturated carbocycles. The topological polar surface area (TPSA) is 81.4 Å². The highest BCUT2D eigenvalue weighted by molar-refractivity contribution is 7.85. The van der Waals surface area contributed by atoms with Crippen molar-refractivity contribution in [3.05, 3.63) is 0 Å². The molecule has 0 aliphatic carbocycles. The molecule has 6 heteroatoms. The Kier molecular flexibility index (Phi) is 4.53. The zero-order chi connectivity index (χ0) is 12.3. The average molecular weight is 260 g/mol. The van der Waals surface area contributed by atoms with Crippen molar-refractivity contribution in [2.75, 3.05) is 18.1 Å². The van der Waals surface area contributed by atoms with E-state index in [4.69, 9.17) is 10.5 Å². The lowest BCUT2D eigenvalue weighted by molar-refractivity contribution is -0.132. The van der Waals surface area contributed by atoms with Crippen LogP contribution in [0.25, 0.3) is 0 Å². The quantitative estimate of drug-likeness (QED) is 0.718. The van der Waals surface area contributed by atoms with Crippen LogP contribution in [0.4, 0.5) is 0 Å². The van der Waals surface area contributed by atoms with Gasteiger partial charge in [0.2, 0.25) is 5.91 Å². The molecule has 2 heterocycles. The molecule has 5 nitrogen and oxygen atoms in total. The monoisotopic (exact) mass is 260 g/mol. The van der Waals surface area contributed by atoms with Gasteiger partial charge >= 0.3 is 0 Å². The second-order valence-electron chi connectivity index (χ2n) is 4.69. The van der Waals surface area contributed by atoms with E-state index in [1.54, 1.807) is 0 Å². The van der Waals surface area contributed by atoms with Gasteiger partial charge in [0.05, 0.1) is 6.10 Å². The first-order valence-electron chi connectivity index (χ1n) is 6.20. The van der Waals surface area contributed by atoms with Crippen molar-refractivity contribution in [1.29, 1.82) is 0 Å². The Bertz CT molecular complexity index is 301. The van der Waals surface area contributed by atoms with Crippen molar-refractivity contribution in [3.63, 3.8) is 0 Å². The zero-order valence-corrected chi connectivity index (χ0v) is 10.7. The molecule has 0 aromatic heterocycles. The van der Waals surface area contributed by atoms with E-state index in [1.165, 1.54) is 0 Å². The molecule has 0 aromatic carbocycles.